The summed E-state index contributed by atoms with van der Waals surface area (Å²) in [5.74, 6) is 0.320. The van der Waals surface area contributed by atoms with Crippen LogP contribution in [0, 0.1) is 0 Å². The minimum absolute atomic E-state index is 0.148. The van der Waals surface area contributed by atoms with Crippen molar-refractivity contribution in [3.63, 3.8) is 0 Å². The largest absolute Gasteiger partial charge is 0.496 e. The van der Waals surface area contributed by atoms with Gasteiger partial charge in [-0.25, -0.2) is 0 Å². The number of nitrogens with one attached hydrogen (secondary N) is 3. The number of aromatic nitrogens is 1. The molecule has 1 heterocycles. The van der Waals surface area contributed by atoms with Crippen LogP contribution in [0.5, 0.6) is 11.5 Å². The van der Waals surface area contributed by atoms with Gasteiger partial charge in [0, 0.05) is 28.0 Å². The molecule has 0 bridgehead atoms. The second-order valence-corrected chi connectivity index (χ2v) is 9.88. The van der Waals surface area contributed by atoms with Crippen molar-refractivity contribution in [3.05, 3.63) is 114 Å². The molecule has 1 aromatic heterocycles. The van der Waals surface area contributed by atoms with Crippen molar-refractivity contribution in [1.82, 2.24) is 4.98 Å². The van der Waals surface area contributed by atoms with Gasteiger partial charge >= 0.3 is 0 Å². The summed E-state index contributed by atoms with van der Waals surface area (Å²) in [6.07, 6.45) is 1.87. The minimum atomic E-state index is -0.522. The minimum Gasteiger partial charge on any atom is -0.496 e. The number of carbonyl (C=O) groups excluding carboxylic acids is 2. The number of H-pyrrole nitrogens is 1. The zero-order valence-corrected chi connectivity index (χ0v) is 22.3. The molecule has 0 saturated carbocycles. The van der Waals surface area contributed by atoms with Crippen LogP contribution < -0.4 is 20.1 Å². The first kappa shape index (κ1) is 25.9. The maximum Gasteiger partial charge on any atom is 0.263 e. The number of methoxy groups -OCH3 is 2. The lowest BCUT2D eigenvalue weighted by atomic mass is 10.1. The SMILES string of the molecule is COc1cccc(OC)c1C(=O)Nc1cccc(SC(C(=O)Nc2ccc3cc[nH]c3c2)c2ccccc2)c1. The van der Waals surface area contributed by atoms with Crippen LogP contribution in [0.15, 0.2) is 108 Å². The number of aromatic amines is 1. The molecule has 5 aromatic rings. The Morgan fingerprint density at radius 1 is 0.769 bits per heavy atom. The van der Waals surface area contributed by atoms with E-state index >= 15 is 0 Å². The number of anilines is 2. The Balaban J connectivity index is 1.38. The fourth-order valence-electron chi connectivity index (χ4n) is 4.29. The Kier molecular flexibility index (Phi) is 7.84. The number of rotatable bonds is 9. The predicted octanol–water partition coefficient (Wildman–Crippen LogP) is 6.91. The molecule has 7 nitrogen and oxygen atoms in total. The maximum atomic E-state index is 13.5. The normalized spacial score (nSPS) is 11.5. The zero-order chi connectivity index (χ0) is 27.2. The number of fused-ring (bicyclic) bond motifs is 1. The van der Waals surface area contributed by atoms with Crippen LogP contribution >= 0.6 is 11.8 Å². The summed E-state index contributed by atoms with van der Waals surface area (Å²) >= 11 is 1.41. The van der Waals surface area contributed by atoms with Gasteiger partial charge in [0.2, 0.25) is 5.91 Å². The molecule has 1 unspecified atom stereocenters. The highest BCUT2D eigenvalue weighted by Crippen LogP contribution is 2.38. The smallest absolute Gasteiger partial charge is 0.263 e. The molecular formula is C31H27N3O4S. The number of carbonyl (C=O) groups is 2. The van der Waals surface area contributed by atoms with E-state index in [-0.39, 0.29) is 11.8 Å². The van der Waals surface area contributed by atoms with E-state index in [0.29, 0.717) is 28.4 Å². The van der Waals surface area contributed by atoms with Gasteiger partial charge in [-0.3, -0.25) is 9.59 Å². The molecule has 39 heavy (non-hydrogen) atoms. The van der Waals surface area contributed by atoms with E-state index < -0.39 is 5.25 Å². The molecule has 0 aliphatic rings. The van der Waals surface area contributed by atoms with Crippen molar-refractivity contribution in [1.29, 1.82) is 0 Å². The Hall–Kier alpha value is -4.69. The number of hydrogen-bond acceptors (Lipinski definition) is 5. The number of ether oxygens (including phenoxy) is 2. The van der Waals surface area contributed by atoms with Gasteiger partial charge in [0.1, 0.15) is 22.3 Å². The molecule has 4 aromatic carbocycles. The summed E-state index contributed by atoms with van der Waals surface area (Å²) in [5.41, 5.74) is 3.42. The summed E-state index contributed by atoms with van der Waals surface area (Å²) in [6, 6.07) is 30.0. The zero-order valence-electron chi connectivity index (χ0n) is 21.4. The van der Waals surface area contributed by atoms with Crippen molar-refractivity contribution in [2.24, 2.45) is 0 Å². The first-order chi connectivity index (χ1) is 19.1. The fraction of sp³-hybridized carbons (Fsp3) is 0.0968. The highest BCUT2D eigenvalue weighted by molar-refractivity contribution is 8.00. The first-order valence-electron chi connectivity index (χ1n) is 12.3. The monoisotopic (exact) mass is 537 g/mol. The van der Waals surface area contributed by atoms with E-state index in [2.05, 4.69) is 15.6 Å². The molecule has 2 amide bonds. The number of amides is 2. The predicted molar refractivity (Wildman–Crippen MR) is 156 cm³/mol. The van der Waals surface area contributed by atoms with Crippen molar-refractivity contribution < 1.29 is 19.1 Å². The van der Waals surface area contributed by atoms with Crippen molar-refractivity contribution in [2.45, 2.75) is 10.1 Å². The van der Waals surface area contributed by atoms with E-state index in [1.807, 2.05) is 79.0 Å². The number of benzene rings is 4. The molecule has 0 saturated heterocycles. The Labute approximate surface area is 230 Å². The lowest BCUT2D eigenvalue weighted by Gasteiger charge is -2.18. The lowest BCUT2D eigenvalue weighted by molar-refractivity contribution is -0.115. The van der Waals surface area contributed by atoms with Crippen molar-refractivity contribution in [2.75, 3.05) is 24.9 Å². The standard InChI is InChI=1S/C31H27N3O4S/c1-37-26-12-7-13-27(38-2)28(26)30(35)33-22-10-6-11-24(18-22)39-29(21-8-4-3-5-9-21)31(36)34-23-15-14-20-16-17-32-25(20)19-23/h3-19,29,32H,1-2H3,(H,33,35)(H,34,36). The molecule has 0 spiro atoms. The van der Waals surface area contributed by atoms with Crippen molar-refractivity contribution >= 4 is 45.9 Å². The van der Waals surface area contributed by atoms with E-state index in [1.165, 1.54) is 26.0 Å². The Morgan fingerprint density at radius 2 is 1.49 bits per heavy atom. The third-order valence-corrected chi connectivity index (χ3v) is 7.41. The average Bonchev–Trinajstić information content (AvgIpc) is 3.44. The molecule has 0 fully saturated rings. The van der Waals surface area contributed by atoms with Gasteiger partial charge in [-0.05, 0) is 59.5 Å². The third-order valence-electron chi connectivity index (χ3n) is 6.16. The van der Waals surface area contributed by atoms with Crippen LogP contribution in [0.25, 0.3) is 10.9 Å². The Morgan fingerprint density at radius 3 is 2.23 bits per heavy atom. The van der Waals surface area contributed by atoms with Crippen LogP contribution in [-0.4, -0.2) is 31.0 Å². The summed E-state index contributed by atoms with van der Waals surface area (Å²) in [4.78, 5) is 30.7. The molecule has 0 aliphatic heterocycles. The van der Waals surface area contributed by atoms with Gasteiger partial charge in [-0.15, -0.1) is 11.8 Å². The molecule has 5 rings (SSSR count). The number of hydrogen-bond donors (Lipinski definition) is 3. The molecule has 0 radical (unpaired) electrons. The van der Waals surface area contributed by atoms with Gasteiger partial charge < -0.3 is 25.1 Å². The molecule has 0 aliphatic carbocycles. The topological polar surface area (TPSA) is 92.4 Å². The van der Waals surface area contributed by atoms with Gasteiger partial charge in [-0.1, -0.05) is 48.5 Å². The van der Waals surface area contributed by atoms with Crippen LogP contribution in [0.4, 0.5) is 11.4 Å². The van der Waals surface area contributed by atoms with Crippen LogP contribution in [0.3, 0.4) is 0 Å². The summed E-state index contributed by atoms with van der Waals surface area (Å²) < 4.78 is 10.7. The lowest BCUT2D eigenvalue weighted by Crippen LogP contribution is -2.19. The van der Waals surface area contributed by atoms with E-state index in [9.17, 15) is 9.59 Å². The molecule has 196 valence electrons. The average molecular weight is 538 g/mol. The summed E-state index contributed by atoms with van der Waals surface area (Å²) in [5, 5.41) is 6.54. The van der Waals surface area contributed by atoms with E-state index in [0.717, 1.165) is 21.4 Å². The summed E-state index contributed by atoms with van der Waals surface area (Å²) in [6.45, 7) is 0. The summed E-state index contributed by atoms with van der Waals surface area (Å²) in [7, 11) is 3.02. The van der Waals surface area contributed by atoms with Gasteiger partial charge in [0.25, 0.3) is 5.91 Å². The van der Waals surface area contributed by atoms with Crippen molar-refractivity contribution in [3.8, 4) is 11.5 Å². The highest BCUT2D eigenvalue weighted by atomic mass is 32.2. The Bertz CT molecular complexity index is 1590. The third kappa shape index (κ3) is 5.91. The van der Waals surface area contributed by atoms with Crippen LogP contribution in [0.2, 0.25) is 0 Å². The van der Waals surface area contributed by atoms with E-state index in [1.54, 1.807) is 24.3 Å². The maximum absolute atomic E-state index is 13.5. The van der Waals surface area contributed by atoms with Gasteiger partial charge in [0.15, 0.2) is 0 Å². The van der Waals surface area contributed by atoms with E-state index in [4.69, 9.17) is 9.47 Å². The number of thioether (sulfide) groups is 1. The molecule has 1 atom stereocenters. The van der Waals surface area contributed by atoms with Gasteiger partial charge in [0.05, 0.1) is 14.2 Å². The second-order valence-electron chi connectivity index (χ2n) is 8.70. The fourth-order valence-corrected chi connectivity index (χ4v) is 5.37. The highest BCUT2D eigenvalue weighted by Gasteiger charge is 2.23. The molecular weight excluding hydrogens is 510 g/mol. The quantitative estimate of drug-likeness (QED) is 0.178. The van der Waals surface area contributed by atoms with Gasteiger partial charge in [-0.2, -0.15) is 0 Å². The molecule has 8 heteroatoms. The molecule has 3 N–H and O–H groups in total. The first-order valence-corrected chi connectivity index (χ1v) is 13.2. The second kappa shape index (κ2) is 11.8. The van der Waals surface area contributed by atoms with Crippen LogP contribution in [-0.2, 0) is 4.79 Å². The van der Waals surface area contributed by atoms with Crippen LogP contribution in [0.1, 0.15) is 21.2 Å².